The van der Waals surface area contributed by atoms with E-state index < -0.39 is 10.0 Å². The molecule has 0 atom stereocenters. The number of sulfonamides is 1. The third-order valence-corrected chi connectivity index (χ3v) is 7.18. The summed E-state index contributed by atoms with van der Waals surface area (Å²) >= 11 is 2.55. The number of nitrogens with zero attached hydrogens (tertiary/aromatic N) is 4. The number of aromatic nitrogens is 3. The molecule has 132 valence electrons. The topological polar surface area (TPSA) is 102 Å². The van der Waals surface area contributed by atoms with Crippen LogP contribution < -0.4 is 5.73 Å². The van der Waals surface area contributed by atoms with Gasteiger partial charge in [0, 0.05) is 35.6 Å². The Balaban J connectivity index is 1.89. The Morgan fingerprint density at radius 2 is 1.84 bits per heavy atom. The Kier molecular flexibility index (Phi) is 5.13. The highest BCUT2D eigenvalue weighted by molar-refractivity contribution is 7.89. The van der Waals surface area contributed by atoms with Crippen molar-refractivity contribution in [1.82, 2.24) is 18.9 Å². The SMILES string of the molecule is CCN(CC)S(=O)(=O)c1ccc(-c2csc(-c3nnsc3N)n2)cc1. The van der Waals surface area contributed by atoms with Gasteiger partial charge in [-0.25, -0.2) is 13.4 Å². The van der Waals surface area contributed by atoms with E-state index in [4.69, 9.17) is 5.73 Å². The van der Waals surface area contributed by atoms with Crippen LogP contribution in [0, 0.1) is 0 Å². The highest BCUT2D eigenvalue weighted by Gasteiger charge is 2.21. The maximum absolute atomic E-state index is 12.5. The highest BCUT2D eigenvalue weighted by Crippen LogP contribution is 2.32. The molecule has 0 amide bonds. The van der Waals surface area contributed by atoms with Crippen LogP contribution in [0.25, 0.3) is 22.0 Å². The summed E-state index contributed by atoms with van der Waals surface area (Å²) in [5.74, 6) is 0. The molecule has 3 rings (SSSR count). The van der Waals surface area contributed by atoms with Gasteiger partial charge in [-0.3, -0.25) is 0 Å². The molecule has 2 heterocycles. The van der Waals surface area contributed by atoms with Crippen molar-refractivity contribution in [2.75, 3.05) is 18.8 Å². The zero-order chi connectivity index (χ0) is 18.0. The lowest BCUT2D eigenvalue weighted by Gasteiger charge is -2.18. The Hall–Kier alpha value is -1.88. The van der Waals surface area contributed by atoms with Gasteiger partial charge in [0.05, 0.1) is 10.6 Å². The lowest BCUT2D eigenvalue weighted by molar-refractivity contribution is 0.445. The number of rotatable bonds is 6. The normalized spacial score (nSPS) is 12.0. The minimum Gasteiger partial charge on any atom is -0.387 e. The monoisotopic (exact) mass is 395 g/mol. The summed E-state index contributed by atoms with van der Waals surface area (Å²) in [6.07, 6.45) is 0. The molecule has 1 aromatic carbocycles. The maximum atomic E-state index is 12.5. The minimum absolute atomic E-state index is 0.281. The van der Waals surface area contributed by atoms with Crippen LogP contribution in [0.15, 0.2) is 34.5 Å². The standard InChI is InChI=1S/C15H17N5O2S3/c1-3-20(4-2)25(21,22)11-7-5-10(6-8-11)12-9-23-15(17-12)13-14(16)24-19-18-13/h5-9H,3-4,16H2,1-2H3. The van der Waals surface area contributed by atoms with Gasteiger partial charge in [0.15, 0.2) is 5.69 Å². The third-order valence-electron chi connectivity index (χ3n) is 3.71. The molecule has 0 bridgehead atoms. The molecule has 0 spiro atoms. The van der Waals surface area contributed by atoms with Crippen molar-refractivity contribution in [2.24, 2.45) is 0 Å². The molecule has 3 aromatic rings. The van der Waals surface area contributed by atoms with E-state index in [2.05, 4.69) is 14.6 Å². The number of nitrogen functional groups attached to an aromatic ring is 1. The maximum Gasteiger partial charge on any atom is 0.243 e. The van der Waals surface area contributed by atoms with Crippen LogP contribution in [0.1, 0.15) is 13.8 Å². The summed E-state index contributed by atoms with van der Waals surface area (Å²) < 4.78 is 30.3. The summed E-state index contributed by atoms with van der Waals surface area (Å²) in [7, 11) is -3.45. The van der Waals surface area contributed by atoms with Crippen molar-refractivity contribution in [3.8, 4) is 22.0 Å². The molecule has 0 aliphatic carbocycles. The van der Waals surface area contributed by atoms with Gasteiger partial charge in [0.1, 0.15) is 10.0 Å². The molecule has 2 N–H and O–H groups in total. The molecule has 25 heavy (non-hydrogen) atoms. The fourth-order valence-electron chi connectivity index (χ4n) is 2.37. The lowest BCUT2D eigenvalue weighted by Crippen LogP contribution is -2.30. The van der Waals surface area contributed by atoms with Gasteiger partial charge in [-0.05, 0) is 12.1 Å². The second-order valence-electron chi connectivity index (χ2n) is 5.14. The van der Waals surface area contributed by atoms with Gasteiger partial charge in [-0.2, -0.15) is 4.31 Å². The first-order chi connectivity index (χ1) is 12.0. The van der Waals surface area contributed by atoms with Crippen LogP contribution in [0.5, 0.6) is 0 Å². The average molecular weight is 396 g/mol. The van der Waals surface area contributed by atoms with E-state index in [0.717, 1.165) is 22.8 Å². The molecular weight excluding hydrogens is 378 g/mol. The molecule has 10 heteroatoms. The molecule has 0 saturated heterocycles. The zero-order valence-electron chi connectivity index (χ0n) is 13.7. The van der Waals surface area contributed by atoms with E-state index in [-0.39, 0.29) is 4.90 Å². The van der Waals surface area contributed by atoms with Gasteiger partial charge in [-0.15, -0.1) is 16.4 Å². The predicted octanol–water partition coefficient (Wildman–Crippen LogP) is 2.94. The van der Waals surface area contributed by atoms with E-state index in [9.17, 15) is 8.42 Å². The van der Waals surface area contributed by atoms with Crippen LogP contribution in [0.2, 0.25) is 0 Å². The summed E-state index contributed by atoms with van der Waals surface area (Å²) in [6.45, 7) is 4.54. The van der Waals surface area contributed by atoms with E-state index >= 15 is 0 Å². The first-order valence-electron chi connectivity index (χ1n) is 7.61. The first-order valence-corrected chi connectivity index (χ1v) is 10.7. The molecule has 0 unspecified atom stereocenters. The number of benzene rings is 1. The van der Waals surface area contributed by atoms with Gasteiger partial charge >= 0.3 is 0 Å². The van der Waals surface area contributed by atoms with Gasteiger partial charge in [0.25, 0.3) is 0 Å². The summed E-state index contributed by atoms with van der Waals surface area (Å²) in [5, 5.41) is 7.10. The highest BCUT2D eigenvalue weighted by atomic mass is 32.2. The summed E-state index contributed by atoms with van der Waals surface area (Å²) in [4.78, 5) is 4.81. The third kappa shape index (κ3) is 3.43. The quantitative estimate of drug-likeness (QED) is 0.688. The lowest BCUT2D eigenvalue weighted by atomic mass is 10.2. The van der Waals surface area contributed by atoms with Gasteiger partial charge in [0.2, 0.25) is 10.0 Å². The van der Waals surface area contributed by atoms with Crippen molar-refractivity contribution in [3.05, 3.63) is 29.6 Å². The number of nitrogens with two attached hydrogens (primary N) is 1. The average Bonchev–Trinajstić information content (AvgIpc) is 3.24. The van der Waals surface area contributed by atoms with Gasteiger partial charge in [-0.1, -0.05) is 30.5 Å². The van der Waals surface area contributed by atoms with Crippen molar-refractivity contribution in [1.29, 1.82) is 0 Å². The molecule has 0 radical (unpaired) electrons. The molecule has 7 nitrogen and oxygen atoms in total. The molecule has 0 aliphatic rings. The largest absolute Gasteiger partial charge is 0.387 e. The second-order valence-corrected chi connectivity index (χ2v) is 8.72. The van der Waals surface area contributed by atoms with Crippen LogP contribution >= 0.6 is 22.9 Å². The van der Waals surface area contributed by atoms with Crippen LogP contribution in [0.4, 0.5) is 5.00 Å². The van der Waals surface area contributed by atoms with Gasteiger partial charge < -0.3 is 5.73 Å². The fourth-order valence-corrected chi connectivity index (χ4v) is 5.15. The van der Waals surface area contributed by atoms with Crippen molar-refractivity contribution < 1.29 is 8.42 Å². The Morgan fingerprint density at radius 1 is 1.16 bits per heavy atom. The molecule has 0 aliphatic heterocycles. The van der Waals surface area contributed by atoms with Crippen molar-refractivity contribution >= 4 is 37.9 Å². The summed E-state index contributed by atoms with van der Waals surface area (Å²) in [6, 6.07) is 6.75. The smallest absolute Gasteiger partial charge is 0.243 e. The number of anilines is 1. The fraction of sp³-hybridized carbons (Fsp3) is 0.267. The molecule has 2 aromatic heterocycles. The second kappa shape index (κ2) is 7.16. The number of thiazole rings is 1. The van der Waals surface area contributed by atoms with Crippen LogP contribution in [-0.4, -0.2) is 40.4 Å². The molecule has 0 saturated carbocycles. The van der Waals surface area contributed by atoms with E-state index in [1.54, 1.807) is 24.3 Å². The zero-order valence-corrected chi connectivity index (χ0v) is 16.2. The van der Waals surface area contributed by atoms with E-state index in [0.29, 0.717) is 28.8 Å². The Labute approximate surface area is 154 Å². The van der Waals surface area contributed by atoms with Crippen LogP contribution in [0.3, 0.4) is 0 Å². The van der Waals surface area contributed by atoms with Crippen molar-refractivity contribution in [3.63, 3.8) is 0 Å². The Bertz CT molecular complexity index is 959. The molecule has 0 fully saturated rings. The summed E-state index contributed by atoms with van der Waals surface area (Å²) in [5.41, 5.74) is 8.00. The van der Waals surface area contributed by atoms with E-state index in [1.165, 1.54) is 15.6 Å². The first kappa shape index (κ1) is 17.9. The number of hydrogen-bond donors (Lipinski definition) is 1. The Morgan fingerprint density at radius 3 is 2.40 bits per heavy atom. The van der Waals surface area contributed by atoms with Crippen molar-refractivity contribution in [2.45, 2.75) is 18.7 Å². The van der Waals surface area contributed by atoms with Crippen LogP contribution in [-0.2, 0) is 10.0 Å². The number of hydrogen-bond acceptors (Lipinski definition) is 8. The minimum atomic E-state index is -3.45. The predicted molar refractivity (Wildman–Crippen MR) is 101 cm³/mol. The molecular formula is C15H17N5O2S3. The van der Waals surface area contributed by atoms with E-state index in [1.807, 2.05) is 19.2 Å².